The summed E-state index contributed by atoms with van der Waals surface area (Å²) in [6, 6.07) is 2.50. The van der Waals surface area contributed by atoms with Crippen LogP contribution in [0.2, 0.25) is 0 Å². The number of halogens is 1. The van der Waals surface area contributed by atoms with Crippen LogP contribution in [0.1, 0.15) is 5.56 Å². The number of ether oxygens (including phenoxy) is 1. The van der Waals surface area contributed by atoms with Gasteiger partial charge in [0.15, 0.2) is 5.82 Å². The molecule has 2 heterocycles. The smallest absolute Gasteiger partial charge is 0.326 e. The summed E-state index contributed by atoms with van der Waals surface area (Å²) in [5.74, 6) is -2.19. The molecule has 0 aromatic heterocycles. The highest BCUT2D eigenvalue weighted by molar-refractivity contribution is 7.92. The molecule has 2 fully saturated rings. The van der Waals surface area contributed by atoms with Crippen LogP contribution in [0.3, 0.4) is 0 Å². The predicted octanol–water partition coefficient (Wildman–Crippen LogP) is -0.757. The van der Waals surface area contributed by atoms with Gasteiger partial charge in [-0.1, -0.05) is 6.07 Å². The molecule has 10 heteroatoms. The second-order valence-electron chi connectivity index (χ2n) is 5.37. The summed E-state index contributed by atoms with van der Waals surface area (Å²) in [4.78, 5) is 11.3. The highest BCUT2D eigenvalue weighted by Crippen LogP contribution is 2.35. The minimum Gasteiger partial charge on any atom is -0.506 e. The number of hydrogen-bond acceptors (Lipinski definition) is 6. The maximum atomic E-state index is 14.7. The van der Waals surface area contributed by atoms with Gasteiger partial charge in [-0.2, -0.15) is 8.42 Å². The molecule has 3 rings (SSSR count). The minimum atomic E-state index is -4.19. The molecule has 0 aliphatic carbocycles. The van der Waals surface area contributed by atoms with E-state index in [1.165, 1.54) is 12.1 Å². The van der Waals surface area contributed by atoms with Crippen molar-refractivity contribution in [2.45, 2.75) is 12.5 Å². The maximum Gasteiger partial charge on any atom is 0.326 e. The van der Waals surface area contributed by atoms with Gasteiger partial charge in [-0.15, -0.1) is 0 Å². The van der Waals surface area contributed by atoms with Crippen LogP contribution in [-0.4, -0.2) is 51.8 Å². The maximum absolute atomic E-state index is 14.7. The van der Waals surface area contributed by atoms with Crippen LogP contribution in [0.25, 0.3) is 0 Å². The molecule has 1 unspecified atom stereocenters. The summed E-state index contributed by atoms with van der Waals surface area (Å²) >= 11 is 0. The Morgan fingerprint density at radius 2 is 2.22 bits per heavy atom. The van der Waals surface area contributed by atoms with Crippen molar-refractivity contribution < 1.29 is 27.4 Å². The van der Waals surface area contributed by atoms with E-state index < -0.39 is 39.9 Å². The number of phenols is 1. The summed E-state index contributed by atoms with van der Waals surface area (Å²) < 4.78 is 46.0. The lowest BCUT2D eigenvalue weighted by Gasteiger charge is -2.25. The van der Waals surface area contributed by atoms with Gasteiger partial charge in [-0.3, -0.25) is 4.79 Å². The average molecular weight is 345 g/mol. The molecule has 1 atom stereocenters. The van der Waals surface area contributed by atoms with Crippen LogP contribution in [0.4, 0.5) is 10.1 Å². The van der Waals surface area contributed by atoms with Gasteiger partial charge in [-0.25, -0.2) is 13.4 Å². The van der Waals surface area contributed by atoms with E-state index in [9.17, 15) is 22.7 Å². The van der Waals surface area contributed by atoms with Crippen molar-refractivity contribution in [2.24, 2.45) is 0 Å². The third-order valence-electron chi connectivity index (χ3n) is 3.71. The minimum absolute atomic E-state index is 0.106. The molecule has 0 radical (unpaired) electrons. The van der Waals surface area contributed by atoms with Crippen molar-refractivity contribution in [3.63, 3.8) is 0 Å². The highest BCUT2D eigenvalue weighted by atomic mass is 32.2. The molecule has 2 aliphatic rings. The van der Waals surface area contributed by atoms with Crippen molar-refractivity contribution in [1.82, 2.24) is 10.0 Å². The molecule has 0 saturated carbocycles. The van der Waals surface area contributed by atoms with Crippen LogP contribution in [-0.2, 0) is 26.2 Å². The second-order valence-corrected chi connectivity index (χ2v) is 6.97. The zero-order valence-corrected chi connectivity index (χ0v) is 12.9. The number of hydrogen-bond donors (Lipinski definition) is 3. The van der Waals surface area contributed by atoms with Crippen LogP contribution in [0.5, 0.6) is 5.75 Å². The van der Waals surface area contributed by atoms with Crippen molar-refractivity contribution in [3.05, 3.63) is 23.5 Å². The number of anilines is 1. The fourth-order valence-electron chi connectivity index (χ4n) is 2.65. The first-order valence-electron chi connectivity index (χ1n) is 7.03. The van der Waals surface area contributed by atoms with Gasteiger partial charge in [0.05, 0.1) is 13.2 Å². The van der Waals surface area contributed by atoms with E-state index in [4.69, 9.17) is 4.74 Å². The fraction of sp³-hybridized carbons (Fsp3) is 0.462. The topological polar surface area (TPSA) is 108 Å². The van der Waals surface area contributed by atoms with Crippen LogP contribution >= 0.6 is 0 Å². The molecule has 2 aliphatic heterocycles. The SMILES string of the molecule is O=C1CN(c2c(O)ccc(CC3COCCN3)c2F)S(=O)(=O)N1. The number of aromatic hydroxyl groups is 1. The van der Waals surface area contributed by atoms with E-state index in [0.29, 0.717) is 24.1 Å². The number of nitrogens with zero attached hydrogens (tertiary/aromatic N) is 1. The normalized spacial score (nSPS) is 23.8. The lowest BCUT2D eigenvalue weighted by molar-refractivity contribution is -0.117. The van der Waals surface area contributed by atoms with Crippen LogP contribution in [0, 0.1) is 5.82 Å². The third kappa shape index (κ3) is 3.09. The number of nitrogens with one attached hydrogen (secondary N) is 2. The summed E-state index contributed by atoms with van der Waals surface area (Å²) in [6.45, 7) is 1.08. The van der Waals surface area contributed by atoms with Gasteiger partial charge >= 0.3 is 10.2 Å². The van der Waals surface area contributed by atoms with Crippen LogP contribution < -0.4 is 14.3 Å². The number of rotatable bonds is 3. The Bertz CT molecular complexity index is 733. The van der Waals surface area contributed by atoms with E-state index in [1.54, 1.807) is 4.72 Å². The Morgan fingerprint density at radius 1 is 1.43 bits per heavy atom. The number of phenolic OH excluding ortho intramolecular Hbond substituents is 1. The van der Waals surface area contributed by atoms with Crippen molar-refractivity contribution in [2.75, 3.05) is 30.6 Å². The molecule has 23 heavy (non-hydrogen) atoms. The first kappa shape index (κ1) is 16.0. The first-order valence-corrected chi connectivity index (χ1v) is 8.47. The lowest BCUT2D eigenvalue weighted by Crippen LogP contribution is -2.42. The van der Waals surface area contributed by atoms with E-state index in [0.717, 1.165) is 0 Å². The molecule has 8 nitrogen and oxygen atoms in total. The summed E-state index contributed by atoms with van der Waals surface area (Å²) in [7, 11) is -4.19. The highest BCUT2D eigenvalue weighted by Gasteiger charge is 2.38. The van der Waals surface area contributed by atoms with Gasteiger partial charge in [0.1, 0.15) is 18.0 Å². The van der Waals surface area contributed by atoms with Crippen molar-refractivity contribution in [3.8, 4) is 5.75 Å². The fourth-order valence-corrected chi connectivity index (χ4v) is 3.82. The molecule has 1 aromatic carbocycles. The Labute approximate surface area is 132 Å². The van der Waals surface area contributed by atoms with E-state index in [-0.39, 0.29) is 18.0 Å². The molecule has 2 saturated heterocycles. The lowest BCUT2D eigenvalue weighted by atomic mass is 10.0. The van der Waals surface area contributed by atoms with E-state index in [2.05, 4.69) is 5.32 Å². The zero-order valence-electron chi connectivity index (χ0n) is 12.1. The summed E-state index contributed by atoms with van der Waals surface area (Å²) in [5, 5.41) is 13.0. The molecular formula is C13H16FN3O5S. The largest absolute Gasteiger partial charge is 0.506 e. The molecular weight excluding hydrogens is 329 g/mol. The summed E-state index contributed by atoms with van der Waals surface area (Å²) in [5.41, 5.74) is -0.284. The van der Waals surface area contributed by atoms with Gasteiger partial charge in [0, 0.05) is 12.6 Å². The van der Waals surface area contributed by atoms with E-state index in [1.807, 2.05) is 0 Å². The van der Waals surface area contributed by atoms with Crippen molar-refractivity contribution in [1.29, 1.82) is 0 Å². The number of carbonyl (C=O) groups excluding carboxylic acids is 1. The first-order chi connectivity index (χ1) is 10.9. The zero-order chi connectivity index (χ0) is 16.6. The Kier molecular flexibility index (Phi) is 4.13. The van der Waals surface area contributed by atoms with Gasteiger partial charge in [0.25, 0.3) is 5.91 Å². The molecule has 1 amide bonds. The number of morpholine rings is 1. The third-order valence-corrected chi connectivity index (χ3v) is 5.09. The van der Waals surface area contributed by atoms with Crippen LogP contribution in [0.15, 0.2) is 12.1 Å². The predicted molar refractivity (Wildman–Crippen MR) is 78.8 cm³/mol. The monoisotopic (exact) mass is 345 g/mol. The Morgan fingerprint density at radius 3 is 2.83 bits per heavy atom. The number of carbonyl (C=O) groups is 1. The van der Waals surface area contributed by atoms with Gasteiger partial charge in [0.2, 0.25) is 0 Å². The molecule has 1 aromatic rings. The van der Waals surface area contributed by atoms with E-state index >= 15 is 0 Å². The van der Waals surface area contributed by atoms with Gasteiger partial charge < -0.3 is 15.2 Å². The Hall–Kier alpha value is -1.91. The van der Waals surface area contributed by atoms with Crippen molar-refractivity contribution >= 4 is 21.8 Å². The molecule has 126 valence electrons. The Balaban J connectivity index is 1.94. The quantitative estimate of drug-likeness (QED) is 0.665. The number of amides is 1. The standard InChI is InChI=1S/C13H16FN3O5S/c14-12-8(5-9-7-22-4-3-15-9)1-2-10(18)13(12)17-6-11(19)16-23(17,20)21/h1-2,9,15,18H,3-7H2,(H,16,19). The van der Waals surface area contributed by atoms with Gasteiger partial charge in [-0.05, 0) is 18.1 Å². The molecule has 3 N–H and O–H groups in total. The molecule has 0 spiro atoms. The molecule has 0 bridgehead atoms. The second kappa shape index (κ2) is 5.95. The average Bonchev–Trinajstić information content (AvgIpc) is 2.76. The summed E-state index contributed by atoms with van der Waals surface area (Å²) in [6.07, 6.45) is 0.272. The number of benzene rings is 1.